The molecule has 0 saturated heterocycles. The van der Waals surface area contributed by atoms with E-state index >= 15 is 0 Å². The van der Waals surface area contributed by atoms with Crippen LogP contribution in [0.1, 0.15) is 59.3 Å². The molecular formula is C25H62N2O9Si4. The average molecular weight is 647 g/mol. The van der Waals surface area contributed by atoms with E-state index in [9.17, 15) is 0 Å². The highest BCUT2D eigenvalue weighted by Gasteiger charge is 2.40. The number of rotatable bonds is 30. The van der Waals surface area contributed by atoms with Crippen LogP contribution < -0.4 is 10.6 Å². The maximum Gasteiger partial charge on any atom is 0.500 e. The van der Waals surface area contributed by atoms with Crippen molar-refractivity contribution in [3.63, 3.8) is 0 Å². The fourth-order valence-corrected chi connectivity index (χ4v) is 12.8. The summed E-state index contributed by atoms with van der Waals surface area (Å²) in [5.74, 6) is 0.362. The molecule has 11 nitrogen and oxygen atoms in total. The minimum absolute atomic E-state index is 0.362. The molecule has 40 heavy (non-hydrogen) atoms. The van der Waals surface area contributed by atoms with Crippen LogP contribution in [0.3, 0.4) is 0 Å². The van der Waals surface area contributed by atoms with Crippen molar-refractivity contribution in [2.75, 3.05) is 75.6 Å². The fraction of sp³-hybridized carbons (Fsp3) is 1.00. The Morgan fingerprint density at radius 1 is 0.500 bits per heavy atom. The zero-order valence-corrected chi connectivity index (χ0v) is 31.5. The summed E-state index contributed by atoms with van der Waals surface area (Å²) in [6, 6.07) is 3.76. The first kappa shape index (κ1) is 40.4. The summed E-state index contributed by atoms with van der Waals surface area (Å²) in [5, 5.41) is 7.50. The third-order valence-corrected chi connectivity index (χ3v) is 17.9. The molecule has 0 aliphatic rings. The standard InChI is InChI=1S/C25H62N2O9Si4/c1-10-34-40(35-11-2,36-12-3)22-16-14-13-15-21-37-25(26-19-17-23-38(28-4,29-5)30-6)27-20-18-24-39(31-7,32-8)33-9/h25-27H,10-24,37H2,1-9H3. The van der Waals surface area contributed by atoms with Crippen LogP contribution >= 0.6 is 0 Å². The molecule has 0 saturated carbocycles. The summed E-state index contributed by atoms with van der Waals surface area (Å²) in [6.07, 6.45) is 6.61. The molecule has 0 heterocycles. The highest BCUT2D eigenvalue weighted by Crippen LogP contribution is 2.21. The summed E-state index contributed by atoms with van der Waals surface area (Å²) in [4.78, 5) is 0. The van der Waals surface area contributed by atoms with E-state index in [1.165, 1.54) is 25.3 Å². The normalized spacial score (nSPS) is 13.3. The van der Waals surface area contributed by atoms with Gasteiger partial charge in [0.15, 0.2) is 0 Å². The lowest BCUT2D eigenvalue weighted by molar-refractivity contribution is 0.0706. The smallest absolute Gasteiger partial charge is 0.377 e. The Morgan fingerprint density at radius 3 is 1.25 bits per heavy atom. The Morgan fingerprint density at radius 2 is 0.875 bits per heavy atom. The predicted molar refractivity (Wildman–Crippen MR) is 169 cm³/mol. The van der Waals surface area contributed by atoms with Gasteiger partial charge in [-0.25, -0.2) is 0 Å². The van der Waals surface area contributed by atoms with E-state index < -0.39 is 26.4 Å². The minimum Gasteiger partial charge on any atom is -0.377 e. The number of nitrogens with one attached hydrogen (secondary N) is 2. The largest absolute Gasteiger partial charge is 0.500 e. The molecule has 0 bridgehead atoms. The molecule has 15 heteroatoms. The van der Waals surface area contributed by atoms with Crippen LogP contribution in [0.2, 0.25) is 24.2 Å². The maximum atomic E-state index is 5.99. The predicted octanol–water partition coefficient (Wildman–Crippen LogP) is 3.18. The number of hydrogen-bond acceptors (Lipinski definition) is 11. The lowest BCUT2D eigenvalue weighted by Gasteiger charge is -2.28. The second kappa shape index (κ2) is 24.8. The van der Waals surface area contributed by atoms with E-state index in [0.717, 1.165) is 50.5 Å². The van der Waals surface area contributed by atoms with Gasteiger partial charge in [-0.3, -0.25) is 0 Å². The van der Waals surface area contributed by atoms with Crippen molar-refractivity contribution in [3.05, 3.63) is 0 Å². The molecule has 0 aromatic heterocycles. The van der Waals surface area contributed by atoms with Crippen molar-refractivity contribution in [2.24, 2.45) is 0 Å². The molecule has 0 aliphatic heterocycles. The molecule has 0 rings (SSSR count). The number of hydrogen-bond donors (Lipinski definition) is 2. The monoisotopic (exact) mass is 646 g/mol. The van der Waals surface area contributed by atoms with Crippen molar-refractivity contribution in [1.29, 1.82) is 0 Å². The van der Waals surface area contributed by atoms with Crippen LogP contribution in [0.5, 0.6) is 0 Å². The molecule has 0 atom stereocenters. The molecule has 0 aromatic carbocycles. The van der Waals surface area contributed by atoms with Crippen molar-refractivity contribution in [1.82, 2.24) is 10.6 Å². The highest BCUT2D eigenvalue weighted by molar-refractivity contribution is 6.61. The van der Waals surface area contributed by atoms with Gasteiger partial charge in [0.25, 0.3) is 0 Å². The highest BCUT2D eigenvalue weighted by atomic mass is 28.4. The average Bonchev–Trinajstić information content (AvgIpc) is 2.97. The zero-order chi connectivity index (χ0) is 30.2. The van der Waals surface area contributed by atoms with Crippen LogP contribution in [0.25, 0.3) is 0 Å². The van der Waals surface area contributed by atoms with Crippen molar-refractivity contribution >= 4 is 35.9 Å². The second-order valence-corrected chi connectivity index (χ2v) is 20.6. The molecule has 0 aliphatic carbocycles. The fourth-order valence-electron chi connectivity index (χ4n) is 4.77. The Balaban J connectivity index is 4.67. The van der Waals surface area contributed by atoms with Gasteiger partial charge < -0.3 is 50.5 Å². The van der Waals surface area contributed by atoms with Gasteiger partial charge in [-0.05, 0) is 53.1 Å². The first-order valence-corrected chi connectivity index (χ1v) is 22.6. The van der Waals surface area contributed by atoms with Crippen molar-refractivity contribution in [3.8, 4) is 0 Å². The van der Waals surface area contributed by atoms with Crippen molar-refractivity contribution in [2.45, 2.75) is 89.3 Å². The van der Waals surface area contributed by atoms with E-state index in [1.807, 2.05) is 20.8 Å². The van der Waals surface area contributed by atoms with Gasteiger partial charge in [-0.2, -0.15) is 0 Å². The van der Waals surface area contributed by atoms with E-state index in [1.54, 1.807) is 42.7 Å². The van der Waals surface area contributed by atoms with Crippen LogP contribution in [0.4, 0.5) is 0 Å². The van der Waals surface area contributed by atoms with Gasteiger partial charge in [0.1, 0.15) is 0 Å². The van der Waals surface area contributed by atoms with Gasteiger partial charge in [0.05, 0.1) is 9.52 Å². The molecule has 242 valence electrons. The van der Waals surface area contributed by atoms with Gasteiger partial charge in [-0.15, -0.1) is 0 Å². The molecule has 0 unspecified atom stereocenters. The van der Waals surface area contributed by atoms with E-state index in [2.05, 4.69) is 10.6 Å². The van der Waals surface area contributed by atoms with Crippen LogP contribution in [-0.4, -0.2) is 117 Å². The molecular weight excluding hydrogens is 585 g/mol. The van der Waals surface area contributed by atoms with Crippen molar-refractivity contribution < 1.29 is 39.8 Å². The Labute approximate surface area is 250 Å². The third-order valence-electron chi connectivity index (χ3n) is 7.04. The van der Waals surface area contributed by atoms with Crippen LogP contribution in [-0.2, 0) is 39.8 Å². The minimum atomic E-state index is -2.54. The molecule has 0 amide bonds. The van der Waals surface area contributed by atoms with Gasteiger partial charge >= 0.3 is 26.4 Å². The quantitative estimate of drug-likeness (QED) is 0.0683. The number of unbranched alkanes of at least 4 members (excludes halogenated alkanes) is 3. The summed E-state index contributed by atoms with van der Waals surface area (Å²) >= 11 is 0. The topological polar surface area (TPSA) is 107 Å². The summed E-state index contributed by atoms with van der Waals surface area (Å²) in [7, 11) is 2.03. The molecule has 0 aromatic rings. The first-order valence-electron chi connectivity index (χ1n) is 15.0. The van der Waals surface area contributed by atoms with Gasteiger partial charge in [0.2, 0.25) is 0 Å². The van der Waals surface area contributed by atoms with E-state index in [4.69, 9.17) is 39.8 Å². The lowest BCUT2D eigenvalue weighted by Crippen LogP contribution is -2.49. The van der Waals surface area contributed by atoms with Gasteiger partial charge in [-0.1, -0.05) is 25.3 Å². The SMILES string of the molecule is CCO[Si](CCCCCC[SiH2]C(NCCC[Si](OC)(OC)OC)NCCC[Si](OC)(OC)OC)(OCC)OCC. The Bertz CT molecular complexity index is 519. The molecule has 0 radical (unpaired) electrons. The van der Waals surface area contributed by atoms with E-state index in [0.29, 0.717) is 25.6 Å². The Kier molecular flexibility index (Phi) is 25.1. The summed E-state index contributed by atoms with van der Waals surface area (Å²) in [6.45, 7) is 9.73. The Hall–Kier alpha value is 0.428. The zero-order valence-electron chi connectivity index (χ0n) is 27.1. The van der Waals surface area contributed by atoms with Gasteiger partial charge in [0, 0.05) is 86.4 Å². The third kappa shape index (κ3) is 16.3. The van der Waals surface area contributed by atoms with Crippen LogP contribution in [0.15, 0.2) is 0 Å². The lowest BCUT2D eigenvalue weighted by atomic mass is 10.2. The molecule has 2 N–H and O–H groups in total. The molecule has 0 fully saturated rings. The second-order valence-electron chi connectivity index (χ2n) is 9.55. The molecule has 0 spiro atoms. The first-order chi connectivity index (χ1) is 19.3. The van der Waals surface area contributed by atoms with Crippen LogP contribution in [0, 0.1) is 0 Å². The summed E-state index contributed by atoms with van der Waals surface area (Å²) < 4.78 is 51.4. The summed E-state index contributed by atoms with van der Waals surface area (Å²) in [5.41, 5.74) is 0. The van der Waals surface area contributed by atoms with E-state index in [-0.39, 0.29) is 9.52 Å². The maximum absolute atomic E-state index is 5.99.